The summed E-state index contributed by atoms with van der Waals surface area (Å²) in [5, 5.41) is 0.764. The highest BCUT2D eigenvalue weighted by molar-refractivity contribution is 5.80. The monoisotopic (exact) mass is 245 g/mol. The molecule has 0 atom stereocenters. The summed E-state index contributed by atoms with van der Waals surface area (Å²) in [5.41, 5.74) is 3.11. The van der Waals surface area contributed by atoms with Crippen LogP contribution in [0.15, 0.2) is 11.1 Å². The molecule has 0 amide bonds. The van der Waals surface area contributed by atoms with Gasteiger partial charge in [-0.05, 0) is 32.3 Å². The Morgan fingerprint density at radius 2 is 2.00 bits per heavy atom. The number of nitrogens with one attached hydrogen (secondary N) is 1. The average Bonchev–Trinajstić information content (AvgIpc) is 2.64. The molecule has 0 aliphatic heterocycles. The van der Waals surface area contributed by atoms with E-state index in [1.54, 1.807) is 0 Å². The summed E-state index contributed by atoms with van der Waals surface area (Å²) >= 11 is 0. The Bertz CT molecular complexity index is 632. The van der Waals surface area contributed by atoms with Gasteiger partial charge in [0.25, 0.3) is 5.56 Å². The van der Waals surface area contributed by atoms with Crippen LogP contribution < -0.4 is 5.56 Å². The van der Waals surface area contributed by atoms with Crippen LogP contribution in [0.3, 0.4) is 0 Å². The fourth-order valence-corrected chi connectivity index (χ4v) is 3.22. The highest BCUT2D eigenvalue weighted by atomic mass is 16.1. The van der Waals surface area contributed by atoms with Crippen molar-refractivity contribution in [2.45, 2.75) is 52.0 Å². The highest BCUT2D eigenvalue weighted by Crippen LogP contribution is 2.33. The molecule has 0 saturated heterocycles. The lowest BCUT2D eigenvalue weighted by Crippen LogP contribution is -2.15. The number of nitrogens with zero attached hydrogens (tertiary/aromatic N) is 2. The van der Waals surface area contributed by atoms with Crippen LogP contribution in [0.2, 0.25) is 0 Å². The maximum atomic E-state index is 11.9. The SMILES string of the molecule is Cc1c(C)n(C2CCCCC2)c2nc[nH]c(=O)c12. The molecule has 3 rings (SSSR count). The van der Waals surface area contributed by atoms with Crippen molar-refractivity contribution < 1.29 is 0 Å². The topological polar surface area (TPSA) is 50.7 Å². The molecule has 0 radical (unpaired) electrons. The molecule has 1 fully saturated rings. The van der Waals surface area contributed by atoms with Gasteiger partial charge in [-0.3, -0.25) is 4.79 Å². The van der Waals surface area contributed by atoms with Crippen LogP contribution in [0.25, 0.3) is 11.0 Å². The summed E-state index contributed by atoms with van der Waals surface area (Å²) in [7, 11) is 0. The second kappa shape index (κ2) is 4.26. The van der Waals surface area contributed by atoms with E-state index < -0.39 is 0 Å². The van der Waals surface area contributed by atoms with Crippen molar-refractivity contribution in [3.05, 3.63) is 27.9 Å². The van der Waals surface area contributed by atoms with Crippen molar-refractivity contribution in [1.82, 2.24) is 14.5 Å². The zero-order chi connectivity index (χ0) is 12.7. The standard InChI is InChI=1S/C14H19N3O/c1-9-10(2)17(11-6-4-3-5-7-11)13-12(9)14(18)16-8-15-13/h8,11H,3-7H2,1-2H3,(H,15,16,18). The fraction of sp³-hybridized carbons (Fsp3) is 0.571. The summed E-state index contributed by atoms with van der Waals surface area (Å²) in [6.07, 6.45) is 7.83. The second-order valence-electron chi connectivity index (χ2n) is 5.30. The molecule has 1 aliphatic carbocycles. The minimum Gasteiger partial charge on any atom is -0.326 e. The molecule has 1 saturated carbocycles. The molecule has 0 bridgehead atoms. The van der Waals surface area contributed by atoms with E-state index in [4.69, 9.17) is 0 Å². The van der Waals surface area contributed by atoms with E-state index in [2.05, 4.69) is 21.5 Å². The lowest BCUT2D eigenvalue weighted by Gasteiger charge is -2.25. The van der Waals surface area contributed by atoms with E-state index in [-0.39, 0.29) is 5.56 Å². The van der Waals surface area contributed by atoms with E-state index in [9.17, 15) is 4.79 Å². The molecular weight excluding hydrogens is 226 g/mol. The summed E-state index contributed by atoms with van der Waals surface area (Å²) in [6, 6.07) is 0.518. The lowest BCUT2D eigenvalue weighted by atomic mass is 9.95. The van der Waals surface area contributed by atoms with Crippen molar-refractivity contribution in [2.75, 3.05) is 0 Å². The van der Waals surface area contributed by atoms with E-state index in [1.165, 1.54) is 44.1 Å². The van der Waals surface area contributed by atoms with Crippen molar-refractivity contribution in [1.29, 1.82) is 0 Å². The first-order valence-electron chi connectivity index (χ1n) is 6.75. The molecule has 0 spiro atoms. The smallest absolute Gasteiger partial charge is 0.260 e. The van der Waals surface area contributed by atoms with Gasteiger partial charge in [-0.15, -0.1) is 0 Å². The van der Waals surface area contributed by atoms with Crippen LogP contribution in [0.1, 0.15) is 49.4 Å². The van der Waals surface area contributed by atoms with Crippen LogP contribution in [0, 0.1) is 13.8 Å². The largest absolute Gasteiger partial charge is 0.326 e. The first-order valence-corrected chi connectivity index (χ1v) is 6.75. The van der Waals surface area contributed by atoms with Crippen LogP contribution in [0.4, 0.5) is 0 Å². The third kappa shape index (κ3) is 1.59. The van der Waals surface area contributed by atoms with Gasteiger partial charge in [0.05, 0.1) is 11.7 Å². The predicted molar refractivity (Wildman–Crippen MR) is 71.9 cm³/mol. The Labute approximate surface area is 106 Å². The average molecular weight is 245 g/mol. The van der Waals surface area contributed by atoms with E-state index in [1.807, 2.05) is 6.92 Å². The molecule has 4 nitrogen and oxygen atoms in total. The maximum Gasteiger partial charge on any atom is 0.260 e. The Hall–Kier alpha value is -1.58. The van der Waals surface area contributed by atoms with Crippen molar-refractivity contribution in [3.63, 3.8) is 0 Å². The normalized spacial score (nSPS) is 17.4. The molecule has 18 heavy (non-hydrogen) atoms. The Morgan fingerprint density at radius 3 is 2.72 bits per heavy atom. The quantitative estimate of drug-likeness (QED) is 0.840. The second-order valence-corrected chi connectivity index (χ2v) is 5.30. The number of aromatic nitrogens is 3. The molecule has 2 heterocycles. The Kier molecular flexibility index (Phi) is 2.73. The molecule has 2 aromatic rings. The van der Waals surface area contributed by atoms with Gasteiger partial charge < -0.3 is 9.55 Å². The van der Waals surface area contributed by atoms with Gasteiger partial charge in [-0.25, -0.2) is 4.98 Å². The molecule has 2 aromatic heterocycles. The number of aromatic amines is 1. The summed E-state index contributed by atoms with van der Waals surface area (Å²) in [6.45, 7) is 4.12. The molecular formula is C14H19N3O. The van der Waals surface area contributed by atoms with Crippen molar-refractivity contribution in [2.24, 2.45) is 0 Å². The molecule has 4 heteroatoms. The summed E-state index contributed by atoms with van der Waals surface area (Å²) in [5.74, 6) is 0. The van der Waals surface area contributed by atoms with Crippen molar-refractivity contribution in [3.8, 4) is 0 Å². The van der Waals surface area contributed by atoms with Gasteiger partial charge in [0.2, 0.25) is 0 Å². The molecule has 0 unspecified atom stereocenters. The molecule has 96 valence electrons. The number of rotatable bonds is 1. The van der Waals surface area contributed by atoms with Gasteiger partial charge >= 0.3 is 0 Å². The van der Waals surface area contributed by atoms with Crippen LogP contribution in [0.5, 0.6) is 0 Å². The van der Waals surface area contributed by atoms with Crippen LogP contribution in [-0.2, 0) is 0 Å². The van der Waals surface area contributed by atoms with E-state index in [0.29, 0.717) is 6.04 Å². The first-order chi connectivity index (χ1) is 8.70. The first kappa shape index (κ1) is 11.5. The minimum absolute atomic E-state index is 0.0184. The number of H-pyrrole nitrogens is 1. The van der Waals surface area contributed by atoms with Crippen LogP contribution >= 0.6 is 0 Å². The number of hydrogen-bond acceptors (Lipinski definition) is 2. The highest BCUT2D eigenvalue weighted by Gasteiger charge is 2.22. The third-order valence-electron chi connectivity index (χ3n) is 4.28. The third-order valence-corrected chi connectivity index (χ3v) is 4.28. The maximum absolute atomic E-state index is 11.9. The zero-order valence-corrected chi connectivity index (χ0v) is 11.0. The Morgan fingerprint density at radius 1 is 1.28 bits per heavy atom. The number of fused-ring (bicyclic) bond motifs is 1. The summed E-state index contributed by atoms with van der Waals surface area (Å²) < 4.78 is 2.29. The van der Waals surface area contributed by atoms with E-state index in [0.717, 1.165) is 16.6 Å². The minimum atomic E-state index is -0.0184. The predicted octanol–water partition coefficient (Wildman–Crippen LogP) is 2.85. The van der Waals surface area contributed by atoms with Gasteiger partial charge in [-0.1, -0.05) is 19.3 Å². The van der Waals surface area contributed by atoms with Gasteiger partial charge in [0.1, 0.15) is 5.65 Å². The van der Waals surface area contributed by atoms with Gasteiger partial charge in [0, 0.05) is 11.7 Å². The fourth-order valence-electron chi connectivity index (χ4n) is 3.22. The molecule has 0 aromatic carbocycles. The number of hydrogen-bond donors (Lipinski definition) is 1. The van der Waals surface area contributed by atoms with Crippen molar-refractivity contribution >= 4 is 11.0 Å². The molecule has 1 aliphatic rings. The Balaban J connectivity index is 2.25. The van der Waals surface area contributed by atoms with Gasteiger partial charge in [0.15, 0.2) is 0 Å². The van der Waals surface area contributed by atoms with E-state index >= 15 is 0 Å². The van der Waals surface area contributed by atoms with Gasteiger partial charge in [-0.2, -0.15) is 0 Å². The van der Waals surface area contributed by atoms with Crippen LogP contribution in [-0.4, -0.2) is 14.5 Å². The zero-order valence-electron chi connectivity index (χ0n) is 11.0. The summed E-state index contributed by atoms with van der Waals surface area (Å²) in [4.78, 5) is 19.0. The lowest BCUT2D eigenvalue weighted by molar-refractivity contribution is 0.355. The number of aryl methyl sites for hydroxylation is 1. The molecule has 1 N–H and O–H groups in total.